The highest BCUT2D eigenvalue weighted by Crippen LogP contribution is 2.30. The van der Waals surface area contributed by atoms with Crippen molar-refractivity contribution in [1.29, 1.82) is 0 Å². The van der Waals surface area contributed by atoms with Crippen LogP contribution >= 0.6 is 0 Å². The van der Waals surface area contributed by atoms with Gasteiger partial charge in [-0.05, 0) is 37.5 Å². The molecular formula is C17H24F2N2O4S. The number of carbonyl (C=O) groups is 1. The lowest BCUT2D eigenvalue weighted by atomic mass is 10.2. The van der Waals surface area contributed by atoms with E-state index in [1.54, 1.807) is 6.92 Å². The summed E-state index contributed by atoms with van der Waals surface area (Å²) < 4.78 is 57.7. The molecule has 1 amide bonds. The maximum Gasteiger partial charge on any atom is 0.255 e. The fraction of sp³-hybridized carbons (Fsp3) is 0.588. The Morgan fingerprint density at radius 2 is 1.96 bits per heavy atom. The lowest BCUT2D eigenvalue weighted by Crippen LogP contribution is -2.36. The average Bonchev–Trinajstić information content (AvgIpc) is 3.15. The normalized spacial score (nSPS) is 15.4. The van der Waals surface area contributed by atoms with Gasteiger partial charge in [0.1, 0.15) is 10.6 Å². The van der Waals surface area contributed by atoms with E-state index in [2.05, 4.69) is 0 Å². The number of nitrogens with zero attached hydrogens (tertiary/aromatic N) is 2. The van der Waals surface area contributed by atoms with Crippen molar-refractivity contribution in [2.45, 2.75) is 37.5 Å². The summed E-state index contributed by atoms with van der Waals surface area (Å²) in [6.45, 7) is 2.09. The van der Waals surface area contributed by atoms with Crippen LogP contribution in [0.3, 0.4) is 0 Å². The van der Waals surface area contributed by atoms with E-state index in [4.69, 9.17) is 4.74 Å². The van der Waals surface area contributed by atoms with Crippen LogP contribution < -0.4 is 4.74 Å². The highest BCUT2D eigenvalue weighted by atomic mass is 32.2. The molecule has 0 atom stereocenters. The Labute approximate surface area is 152 Å². The number of benzene rings is 1. The number of amides is 1. The summed E-state index contributed by atoms with van der Waals surface area (Å²) >= 11 is 0. The predicted octanol–water partition coefficient (Wildman–Crippen LogP) is 2.60. The molecule has 0 spiro atoms. The van der Waals surface area contributed by atoms with Crippen LogP contribution in [0.4, 0.5) is 8.78 Å². The molecule has 2 rings (SSSR count). The summed E-state index contributed by atoms with van der Waals surface area (Å²) in [6, 6.07) is 4.02. The van der Waals surface area contributed by atoms with Gasteiger partial charge >= 0.3 is 0 Å². The van der Waals surface area contributed by atoms with E-state index in [1.165, 1.54) is 29.6 Å². The first kappa shape index (κ1) is 20.6. The van der Waals surface area contributed by atoms with Gasteiger partial charge in [0.2, 0.25) is 10.0 Å². The summed E-state index contributed by atoms with van der Waals surface area (Å²) in [7, 11) is -2.46. The first-order valence-corrected chi connectivity index (χ1v) is 10.0. The predicted molar refractivity (Wildman–Crippen MR) is 93.2 cm³/mol. The Morgan fingerprint density at radius 1 is 1.31 bits per heavy atom. The number of alkyl halides is 2. The van der Waals surface area contributed by atoms with Crippen LogP contribution in [0, 0.1) is 0 Å². The van der Waals surface area contributed by atoms with Gasteiger partial charge in [0, 0.05) is 25.2 Å². The first-order chi connectivity index (χ1) is 12.3. The third-order valence-electron chi connectivity index (χ3n) is 4.23. The van der Waals surface area contributed by atoms with Gasteiger partial charge in [-0.1, -0.05) is 6.92 Å². The summed E-state index contributed by atoms with van der Waals surface area (Å²) in [5.74, 6) is -0.489. The first-order valence-electron chi connectivity index (χ1n) is 8.56. The summed E-state index contributed by atoms with van der Waals surface area (Å²) in [5, 5.41) is 0. The fourth-order valence-electron chi connectivity index (χ4n) is 2.97. The van der Waals surface area contributed by atoms with E-state index in [-0.39, 0.29) is 22.8 Å². The number of sulfonamides is 1. The number of rotatable bonds is 8. The minimum Gasteiger partial charge on any atom is -0.495 e. The van der Waals surface area contributed by atoms with E-state index >= 15 is 0 Å². The standard InChI is InChI=1S/C17H24F2N2O4S/c1-3-8-20(12-16(18)19)17(22)13-6-7-14(25-2)15(11-13)26(23,24)21-9-4-5-10-21/h6-7,11,16H,3-5,8-10,12H2,1-2H3. The molecule has 0 saturated carbocycles. The Morgan fingerprint density at radius 3 is 2.50 bits per heavy atom. The van der Waals surface area contributed by atoms with Gasteiger partial charge in [0.25, 0.3) is 12.3 Å². The van der Waals surface area contributed by atoms with Crippen LogP contribution in [-0.4, -0.2) is 63.2 Å². The summed E-state index contributed by atoms with van der Waals surface area (Å²) in [6.07, 6.45) is -0.581. The monoisotopic (exact) mass is 390 g/mol. The number of carbonyl (C=O) groups excluding carboxylic acids is 1. The number of halogens is 2. The molecule has 1 aromatic carbocycles. The fourth-order valence-corrected chi connectivity index (χ4v) is 4.67. The third kappa shape index (κ3) is 4.50. The molecule has 0 aliphatic carbocycles. The smallest absolute Gasteiger partial charge is 0.255 e. The minimum atomic E-state index is -3.81. The molecule has 0 bridgehead atoms. The molecule has 0 unspecified atom stereocenters. The van der Waals surface area contributed by atoms with Gasteiger partial charge in [-0.25, -0.2) is 17.2 Å². The van der Waals surface area contributed by atoms with Crippen LogP contribution in [0.5, 0.6) is 5.75 Å². The van der Waals surface area contributed by atoms with Gasteiger partial charge in [0.05, 0.1) is 13.7 Å². The molecule has 1 aliphatic heterocycles. The summed E-state index contributed by atoms with van der Waals surface area (Å²) in [4.78, 5) is 13.5. The molecule has 9 heteroatoms. The molecule has 146 valence electrons. The van der Waals surface area contributed by atoms with Crippen LogP contribution in [0.2, 0.25) is 0 Å². The molecule has 1 saturated heterocycles. The van der Waals surface area contributed by atoms with Crippen molar-refractivity contribution in [1.82, 2.24) is 9.21 Å². The maximum absolute atomic E-state index is 12.9. The van der Waals surface area contributed by atoms with Crippen molar-refractivity contribution in [3.63, 3.8) is 0 Å². The van der Waals surface area contributed by atoms with Crippen molar-refractivity contribution < 1.29 is 26.7 Å². The average molecular weight is 390 g/mol. The lowest BCUT2D eigenvalue weighted by Gasteiger charge is -2.23. The van der Waals surface area contributed by atoms with Gasteiger partial charge < -0.3 is 9.64 Å². The quantitative estimate of drug-likeness (QED) is 0.684. The number of hydrogen-bond donors (Lipinski definition) is 0. The number of ether oxygens (including phenoxy) is 1. The summed E-state index contributed by atoms with van der Waals surface area (Å²) in [5.41, 5.74) is 0.0534. The number of hydrogen-bond acceptors (Lipinski definition) is 4. The van der Waals surface area contributed by atoms with Crippen molar-refractivity contribution in [3.8, 4) is 5.75 Å². The van der Waals surface area contributed by atoms with E-state index in [9.17, 15) is 22.0 Å². The molecule has 6 nitrogen and oxygen atoms in total. The zero-order valence-corrected chi connectivity index (χ0v) is 15.8. The van der Waals surface area contributed by atoms with Crippen molar-refractivity contribution >= 4 is 15.9 Å². The Bertz CT molecular complexity index is 734. The highest BCUT2D eigenvalue weighted by Gasteiger charge is 2.31. The molecule has 1 aliphatic rings. The molecule has 1 aromatic rings. The van der Waals surface area contributed by atoms with E-state index in [1.807, 2.05) is 0 Å². The Hall–Kier alpha value is -1.74. The van der Waals surface area contributed by atoms with Gasteiger partial charge in [-0.2, -0.15) is 4.31 Å². The number of methoxy groups -OCH3 is 1. The largest absolute Gasteiger partial charge is 0.495 e. The second kappa shape index (κ2) is 8.77. The van der Waals surface area contributed by atoms with E-state index in [0.717, 1.165) is 17.7 Å². The highest BCUT2D eigenvalue weighted by molar-refractivity contribution is 7.89. The minimum absolute atomic E-state index is 0.0534. The topological polar surface area (TPSA) is 66.9 Å². The Balaban J connectivity index is 2.40. The molecule has 1 fully saturated rings. The van der Waals surface area contributed by atoms with Gasteiger partial charge in [-0.15, -0.1) is 0 Å². The second-order valence-electron chi connectivity index (χ2n) is 6.12. The van der Waals surface area contributed by atoms with E-state index < -0.39 is 28.9 Å². The SMILES string of the molecule is CCCN(CC(F)F)C(=O)c1ccc(OC)c(S(=O)(=O)N2CCCC2)c1. The zero-order chi connectivity index (χ0) is 19.3. The van der Waals surface area contributed by atoms with Crippen molar-refractivity contribution in [2.24, 2.45) is 0 Å². The van der Waals surface area contributed by atoms with E-state index in [0.29, 0.717) is 19.5 Å². The van der Waals surface area contributed by atoms with Gasteiger partial charge in [-0.3, -0.25) is 4.79 Å². The Kier molecular flexibility index (Phi) is 6.94. The second-order valence-corrected chi connectivity index (χ2v) is 8.03. The molecule has 0 N–H and O–H groups in total. The maximum atomic E-state index is 12.9. The van der Waals surface area contributed by atoms with Crippen LogP contribution in [0.25, 0.3) is 0 Å². The lowest BCUT2D eigenvalue weighted by molar-refractivity contribution is 0.0555. The van der Waals surface area contributed by atoms with Crippen molar-refractivity contribution in [3.05, 3.63) is 23.8 Å². The van der Waals surface area contributed by atoms with Gasteiger partial charge in [0.15, 0.2) is 0 Å². The molecule has 0 radical (unpaired) electrons. The van der Waals surface area contributed by atoms with Crippen molar-refractivity contribution in [2.75, 3.05) is 33.3 Å². The van der Waals surface area contributed by atoms with Crippen LogP contribution in [0.1, 0.15) is 36.5 Å². The third-order valence-corrected chi connectivity index (χ3v) is 6.15. The van der Waals surface area contributed by atoms with Crippen LogP contribution in [-0.2, 0) is 10.0 Å². The molecule has 1 heterocycles. The van der Waals surface area contributed by atoms with Crippen LogP contribution in [0.15, 0.2) is 23.1 Å². The molecular weight excluding hydrogens is 366 g/mol. The molecule has 0 aromatic heterocycles. The zero-order valence-electron chi connectivity index (χ0n) is 15.0. The molecule has 26 heavy (non-hydrogen) atoms.